The monoisotopic (exact) mass is 264 g/mol. The molecule has 5 heteroatoms. The molecule has 0 unspecified atom stereocenters. The lowest BCUT2D eigenvalue weighted by Crippen LogP contribution is -2.47. The van der Waals surface area contributed by atoms with Crippen LogP contribution < -0.4 is 5.32 Å². The Bertz CT molecular complexity index is 623. The van der Waals surface area contributed by atoms with E-state index in [1.165, 1.54) is 6.92 Å². The molecule has 5 nitrogen and oxygen atoms in total. The number of carbonyl (C=O) groups is 3. The number of carbonyl (C=O) groups excluding carboxylic acids is 3. The van der Waals surface area contributed by atoms with Crippen molar-refractivity contribution in [3.8, 4) is 0 Å². The molecule has 3 amide bonds. The van der Waals surface area contributed by atoms with Crippen molar-refractivity contribution >= 4 is 17.7 Å². The standard InChI is InChI=1S/C14H16N2O3/c1-10(16-12(17)7-8-13(16)18)14(19)15-9-11-5-3-2-4-6-11/h2-6,10H,7-9H2,1H3,(H,15,19)/t10-/m0/s1/i7D2,8D2. The number of nitrogens with zero attached hydrogens (tertiary/aromatic N) is 1. The van der Waals surface area contributed by atoms with Gasteiger partial charge in [0.1, 0.15) is 6.04 Å². The molecule has 1 aromatic carbocycles. The van der Waals surface area contributed by atoms with Gasteiger partial charge < -0.3 is 5.32 Å². The largest absolute Gasteiger partial charge is 0.350 e. The highest BCUT2D eigenvalue weighted by Gasteiger charge is 2.35. The van der Waals surface area contributed by atoms with Gasteiger partial charge in [0.2, 0.25) is 17.7 Å². The van der Waals surface area contributed by atoms with E-state index in [0.717, 1.165) is 5.56 Å². The summed E-state index contributed by atoms with van der Waals surface area (Å²) < 4.78 is 29.9. The summed E-state index contributed by atoms with van der Waals surface area (Å²) in [6.45, 7) is 1.44. The summed E-state index contributed by atoms with van der Waals surface area (Å²) in [7, 11) is 0. The van der Waals surface area contributed by atoms with Gasteiger partial charge in [-0.1, -0.05) is 30.3 Å². The van der Waals surface area contributed by atoms with Crippen LogP contribution in [0.1, 0.15) is 30.7 Å². The molecule has 0 radical (unpaired) electrons. The van der Waals surface area contributed by atoms with E-state index >= 15 is 0 Å². The number of likely N-dealkylation sites (tertiary alicyclic amines) is 1. The molecule has 0 saturated carbocycles. The summed E-state index contributed by atoms with van der Waals surface area (Å²) >= 11 is 0. The van der Waals surface area contributed by atoms with Crippen molar-refractivity contribution in [1.82, 2.24) is 10.2 Å². The molecule has 1 fully saturated rings. The third kappa shape index (κ3) is 2.99. The lowest BCUT2D eigenvalue weighted by molar-refractivity contribution is -0.146. The highest BCUT2D eigenvalue weighted by atomic mass is 16.2. The second kappa shape index (κ2) is 5.65. The molecular weight excluding hydrogens is 244 g/mol. The lowest BCUT2D eigenvalue weighted by atomic mass is 10.2. The number of imide groups is 1. The topological polar surface area (TPSA) is 66.5 Å². The van der Waals surface area contributed by atoms with Crippen LogP contribution in [0.25, 0.3) is 0 Å². The molecule has 2 rings (SSSR count). The van der Waals surface area contributed by atoms with Crippen LogP contribution >= 0.6 is 0 Å². The molecule has 1 saturated heterocycles. The SMILES string of the molecule is [2H]C1([2H])C(=O)N([C@@H](C)C(=O)NCc2ccccc2)C(=O)C1([2H])[2H]. The molecule has 1 aromatic rings. The third-order valence-electron chi connectivity index (χ3n) is 2.79. The molecule has 0 spiro atoms. The van der Waals surface area contributed by atoms with Crippen molar-refractivity contribution in [2.45, 2.75) is 32.3 Å². The molecule has 0 aliphatic carbocycles. The summed E-state index contributed by atoms with van der Waals surface area (Å²) in [5, 5.41) is 2.54. The summed E-state index contributed by atoms with van der Waals surface area (Å²) in [6.07, 6.45) is -5.98. The van der Waals surface area contributed by atoms with Crippen molar-refractivity contribution in [3.05, 3.63) is 35.9 Å². The number of amides is 3. The Morgan fingerprint density at radius 2 is 1.89 bits per heavy atom. The maximum Gasteiger partial charge on any atom is 0.243 e. The molecule has 1 atom stereocenters. The fraction of sp³-hybridized carbons (Fsp3) is 0.357. The Labute approximate surface area is 117 Å². The predicted octanol–water partition coefficient (Wildman–Crippen LogP) is 0.840. The van der Waals surface area contributed by atoms with Gasteiger partial charge in [0.15, 0.2) is 0 Å². The minimum atomic E-state index is -2.99. The van der Waals surface area contributed by atoms with Gasteiger partial charge in [0, 0.05) is 24.8 Å². The fourth-order valence-corrected chi connectivity index (χ4v) is 1.72. The van der Waals surface area contributed by atoms with Gasteiger partial charge in [0.25, 0.3) is 0 Å². The Hall–Kier alpha value is -2.17. The minimum Gasteiger partial charge on any atom is -0.350 e. The van der Waals surface area contributed by atoms with E-state index in [4.69, 9.17) is 5.48 Å². The van der Waals surface area contributed by atoms with Crippen LogP contribution in [-0.4, -0.2) is 28.7 Å². The van der Waals surface area contributed by atoms with E-state index in [1.54, 1.807) is 24.3 Å². The van der Waals surface area contributed by atoms with Crippen molar-refractivity contribution < 1.29 is 19.9 Å². The van der Waals surface area contributed by atoms with Gasteiger partial charge >= 0.3 is 0 Å². The van der Waals surface area contributed by atoms with Crippen LogP contribution in [0.4, 0.5) is 0 Å². The average Bonchev–Trinajstić information content (AvgIpc) is 2.63. The van der Waals surface area contributed by atoms with E-state index in [2.05, 4.69) is 5.32 Å². The van der Waals surface area contributed by atoms with Crippen molar-refractivity contribution in [2.24, 2.45) is 0 Å². The maximum atomic E-state index is 12.1. The number of benzene rings is 1. The molecule has 0 aromatic heterocycles. The smallest absolute Gasteiger partial charge is 0.243 e. The number of hydrogen-bond donors (Lipinski definition) is 1. The first-order valence-corrected chi connectivity index (χ1v) is 5.80. The van der Waals surface area contributed by atoms with Gasteiger partial charge in [-0.3, -0.25) is 19.3 Å². The molecule has 100 valence electrons. The summed E-state index contributed by atoms with van der Waals surface area (Å²) in [4.78, 5) is 36.4. The van der Waals surface area contributed by atoms with Crippen LogP contribution in [0.5, 0.6) is 0 Å². The maximum absolute atomic E-state index is 12.1. The zero-order valence-corrected chi connectivity index (χ0v) is 10.3. The van der Waals surface area contributed by atoms with Gasteiger partial charge in [-0.15, -0.1) is 0 Å². The minimum absolute atomic E-state index is 0.181. The quantitative estimate of drug-likeness (QED) is 0.819. The van der Waals surface area contributed by atoms with Gasteiger partial charge in [-0.25, -0.2) is 0 Å². The van der Waals surface area contributed by atoms with Crippen LogP contribution in [0.3, 0.4) is 0 Å². The van der Waals surface area contributed by atoms with Crippen LogP contribution in [0, 0.1) is 0 Å². The zero-order valence-electron chi connectivity index (χ0n) is 14.3. The molecule has 0 bridgehead atoms. The summed E-state index contributed by atoms with van der Waals surface area (Å²) in [5.74, 6) is -3.34. The molecule has 1 N–H and O–H groups in total. The second-order valence-corrected chi connectivity index (χ2v) is 4.11. The number of hydrogen-bond acceptors (Lipinski definition) is 3. The average molecular weight is 264 g/mol. The van der Waals surface area contributed by atoms with Crippen LogP contribution in [0.15, 0.2) is 30.3 Å². The molecular formula is C14H16N2O3. The van der Waals surface area contributed by atoms with Crippen LogP contribution in [0.2, 0.25) is 0 Å². The van der Waals surface area contributed by atoms with E-state index in [9.17, 15) is 14.4 Å². The first-order valence-electron chi connectivity index (χ1n) is 7.80. The predicted molar refractivity (Wildman–Crippen MR) is 68.8 cm³/mol. The Morgan fingerprint density at radius 3 is 2.47 bits per heavy atom. The number of nitrogens with one attached hydrogen (secondary N) is 1. The fourth-order valence-electron chi connectivity index (χ4n) is 1.72. The van der Waals surface area contributed by atoms with Crippen LogP contribution in [-0.2, 0) is 20.9 Å². The lowest BCUT2D eigenvalue weighted by Gasteiger charge is -2.21. The molecule has 1 aliphatic heterocycles. The van der Waals surface area contributed by atoms with Gasteiger partial charge in [0.05, 0.1) is 0 Å². The van der Waals surface area contributed by atoms with Crippen molar-refractivity contribution in [2.75, 3.05) is 0 Å². The van der Waals surface area contributed by atoms with E-state index in [0.29, 0.717) is 4.90 Å². The summed E-state index contributed by atoms with van der Waals surface area (Å²) in [5.41, 5.74) is 0.817. The number of rotatable bonds is 4. The molecule has 1 heterocycles. The Kier molecular flexibility index (Phi) is 2.63. The molecule has 1 aliphatic rings. The van der Waals surface area contributed by atoms with Gasteiger partial charge in [-0.05, 0) is 12.5 Å². The first kappa shape index (κ1) is 8.85. The van der Waals surface area contributed by atoms with Gasteiger partial charge in [-0.2, -0.15) is 0 Å². The second-order valence-electron chi connectivity index (χ2n) is 4.11. The van der Waals surface area contributed by atoms with E-state index < -0.39 is 36.5 Å². The first-order chi connectivity index (χ1) is 10.6. The Balaban J connectivity index is 2.11. The Morgan fingerprint density at radius 1 is 1.32 bits per heavy atom. The molecule has 19 heavy (non-hydrogen) atoms. The summed E-state index contributed by atoms with van der Waals surface area (Å²) in [6, 6.07) is 7.68. The normalized spacial score (nSPS) is 25.0. The third-order valence-corrected chi connectivity index (χ3v) is 2.79. The zero-order chi connectivity index (χ0) is 17.4. The highest BCUT2D eigenvalue weighted by Crippen LogP contribution is 2.15. The van der Waals surface area contributed by atoms with E-state index in [-0.39, 0.29) is 6.54 Å². The highest BCUT2D eigenvalue weighted by molar-refractivity contribution is 6.05. The van der Waals surface area contributed by atoms with Crippen molar-refractivity contribution in [3.63, 3.8) is 0 Å². The van der Waals surface area contributed by atoms with E-state index in [1.807, 2.05) is 6.07 Å². The van der Waals surface area contributed by atoms with Crippen molar-refractivity contribution in [1.29, 1.82) is 0 Å².